The molecule has 0 atom stereocenters. The molecule has 0 bridgehead atoms. The number of hydrogen-bond donors (Lipinski definition) is 1. The molecule has 0 amide bonds. The first-order chi connectivity index (χ1) is 14.8. The van der Waals surface area contributed by atoms with Crippen molar-refractivity contribution in [1.82, 2.24) is 9.21 Å². The Kier molecular flexibility index (Phi) is 7.52. The molecule has 2 heterocycles. The number of nitrogens with zero attached hydrogens (tertiary/aromatic N) is 2. The van der Waals surface area contributed by atoms with Gasteiger partial charge in [0.1, 0.15) is 10.8 Å². The molecule has 8 nitrogen and oxygen atoms in total. The maximum Gasteiger partial charge on any atom is 0.340 e. The number of carbonyl (C=O) groups excluding carboxylic acids is 1. The van der Waals surface area contributed by atoms with Gasteiger partial charge in [0.05, 0.1) is 24.7 Å². The van der Waals surface area contributed by atoms with E-state index in [2.05, 4.69) is 5.32 Å². The third kappa shape index (κ3) is 5.17. The van der Waals surface area contributed by atoms with Gasteiger partial charge in [-0.2, -0.15) is 4.31 Å². The van der Waals surface area contributed by atoms with Crippen LogP contribution in [0.5, 0.6) is 5.75 Å². The molecule has 3 rings (SSSR count). The Morgan fingerprint density at radius 1 is 1.16 bits per heavy atom. The van der Waals surface area contributed by atoms with Crippen molar-refractivity contribution in [2.75, 3.05) is 45.7 Å². The minimum absolute atomic E-state index is 0.232. The highest BCUT2D eigenvalue weighted by atomic mass is 32.2. The lowest BCUT2D eigenvalue weighted by Gasteiger charge is -2.35. The minimum Gasteiger partial charge on any atom is -0.497 e. The molecule has 0 spiro atoms. The molecule has 31 heavy (non-hydrogen) atoms. The van der Waals surface area contributed by atoms with Crippen LogP contribution in [0.4, 0.5) is 5.00 Å². The van der Waals surface area contributed by atoms with Crippen LogP contribution in [0.2, 0.25) is 0 Å². The first kappa shape index (κ1) is 23.5. The smallest absolute Gasteiger partial charge is 0.340 e. The van der Waals surface area contributed by atoms with Crippen molar-refractivity contribution in [2.45, 2.75) is 18.2 Å². The van der Waals surface area contributed by atoms with E-state index in [4.69, 9.17) is 21.7 Å². The molecule has 0 saturated carbocycles. The highest BCUT2D eigenvalue weighted by Gasteiger charge is 2.29. The number of nitrogens with one attached hydrogen (secondary N) is 1. The summed E-state index contributed by atoms with van der Waals surface area (Å²) in [5.41, 5.74) is 0.451. The topological polar surface area (TPSA) is 88.2 Å². The summed E-state index contributed by atoms with van der Waals surface area (Å²) in [7, 11) is -0.710. The zero-order valence-electron chi connectivity index (χ0n) is 17.6. The molecular weight excluding hydrogens is 458 g/mol. The lowest BCUT2D eigenvalue weighted by molar-refractivity contribution is 0.0602. The standard InChI is InChI=1S/C20H25N3O5S3/c1-4-15-13-17(19(24)28-3)18(30-15)21-20(29)22-9-11-23(12-10-22)31(25,26)16-7-5-14(27-2)6-8-16/h5-8,13H,4,9-12H2,1-3H3,(H,21,29). The summed E-state index contributed by atoms with van der Waals surface area (Å²) in [6.45, 7) is 3.52. The largest absolute Gasteiger partial charge is 0.497 e. The number of anilines is 1. The Bertz CT molecular complexity index is 1040. The number of sulfonamides is 1. The number of ether oxygens (including phenoxy) is 2. The zero-order chi connectivity index (χ0) is 22.6. The van der Waals surface area contributed by atoms with Crippen LogP contribution in [-0.4, -0.2) is 69.1 Å². The second-order valence-corrected chi connectivity index (χ2v) is 10.3. The van der Waals surface area contributed by atoms with Crippen LogP contribution >= 0.6 is 23.6 Å². The number of hydrogen-bond acceptors (Lipinski definition) is 7. The van der Waals surface area contributed by atoms with Crippen LogP contribution in [0, 0.1) is 0 Å². The molecule has 0 radical (unpaired) electrons. The maximum absolute atomic E-state index is 12.9. The predicted octanol–water partition coefficient (Wildman–Crippen LogP) is 2.81. The first-order valence-corrected chi connectivity index (χ1v) is 12.4. The molecule has 2 aromatic rings. The number of rotatable bonds is 6. The Labute approximate surface area is 191 Å². The average molecular weight is 484 g/mol. The van der Waals surface area contributed by atoms with Gasteiger partial charge in [0.2, 0.25) is 10.0 Å². The van der Waals surface area contributed by atoms with Crippen LogP contribution < -0.4 is 10.1 Å². The molecule has 11 heteroatoms. The number of benzene rings is 1. The molecule has 0 aliphatic carbocycles. The zero-order valence-corrected chi connectivity index (χ0v) is 20.0. The molecule has 1 saturated heterocycles. The van der Waals surface area contributed by atoms with Gasteiger partial charge < -0.3 is 19.7 Å². The SMILES string of the molecule is CCc1cc(C(=O)OC)c(NC(=S)N2CCN(S(=O)(=O)c3ccc(OC)cc3)CC2)s1. The minimum atomic E-state index is -3.59. The van der Waals surface area contributed by atoms with Crippen LogP contribution in [0.15, 0.2) is 35.2 Å². The predicted molar refractivity (Wildman–Crippen MR) is 125 cm³/mol. The number of piperazine rings is 1. The fourth-order valence-corrected chi connectivity index (χ4v) is 5.93. The molecular formula is C20H25N3O5S3. The third-order valence-corrected chi connectivity index (χ3v) is 8.45. The van der Waals surface area contributed by atoms with Crippen molar-refractivity contribution >= 4 is 49.7 Å². The second-order valence-electron chi connectivity index (χ2n) is 6.80. The van der Waals surface area contributed by atoms with E-state index in [9.17, 15) is 13.2 Å². The number of methoxy groups -OCH3 is 2. The lowest BCUT2D eigenvalue weighted by atomic mass is 10.2. The number of aryl methyl sites for hydroxylation is 1. The van der Waals surface area contributed by atoms with Gasteiger partial charge in [-0.25, -0.2) is 13.2 Å². The average Bonchev–Trinajstić information content (AvgIpc) is 3.21. The molecule has 1 aromatic carbocycles. The van der Waals surface area contributed by atoms with Crippen molar-refractivity contribution in [3.8, 4) is 5.75 Å². The van der Waals surface area contributed by atoms with Crippen molar-refractivity contribution < 1.29 is 22.7 Å². The van der Waals surface area contributed by atoms with Crippen LogP contribution in [0.3, 0.4) is 0 Å². The summed E-state index contributed by atoms with van der Waals surface area (Å²) in [6.07, 6.45) is 0.797. The summed E-state index contributed by atoms with van der Waals surface area (Å²) in [5, 5.41) is 4.24. The fourth-order valence-electron chi connectivity index (χ4n) is 3.18. The highest BCUT2D eigenvalue weighted by molar-refractivity contribution is 7.89. The van der Waals surface area contributed by atoms with Crippen molar-refractivity contribution in [3.05, 3.63) is 40.8 Å². The van der Waals surface area contributed by atoms with Gasteiger partial charge in [0, 0.05) is 31.1 Å². The Morgan fingerprint density at radius 3 is 2.35 bits per heavy atom. The van der Waals surface area contributed by atoms with Crippen molar-refractivity contribution in [3.63, 3.8) is 0 Å². The summed E-state index contributed by atoms with van der Waals surface area (Å²) in [4.78, 5) is 15.2. The van der Waals surface area contributed by atoms with Crippen LogP contribution in [0.25, 0.3) is 0 Å². The summed E-state index contributed by atoms with van der Waals surface area (Å²) in [6, 6.07) is 8.16. The van der Waals surface area contributed by atoms with E-state index in [1.807, 2.05) is 11.8 Å². The van der Waals surface area contributed by atoms with Gasteiger partial charge in [0.25, 0.3) is 0 Å². The van der Waals surface area contributed by atoms with Gasteiger partial charge in [-0.1, -0.05) is 6.92 Å². The maximum atomic E-state index is 12.9. The molecule has 1 fully saturated rings. The number of esters is 1. The van der Waals surface area contributed by atoms with Gasteiger partial charge >= 0.3 is 5.97 Å². The normalized spacial score (nSPS) is 14.9. The lowest BCUT2D eigenvalue weighted by Crippen LogP contribution is -2.51. The highest BCUT2D eigenvalue weighted by Crippen LogP contribution is 2.30. The van der Waals surface area contributed by atoms with E-state index in [-0.39, 0.29) is 4.90 Å². The van der Waals surface area contributed by atoms with Gasteiger partial charge in [-0.15, -0.1) is 11.3 Å². The van der Waals surface area contributed by atoms with Crippen LogP contribution in [0.1, 0.15) is 22.2 Å². The first-order valence-electron chi connectivity index (χ1n) is 9.71. The van der Waals surface area contributed by atoms with E-state index >= 15 is 0 Å². The summed E-state index contributed by atoms with van der Waals surface area (Å²) >= 11 is 6.98. The van der Waals surface area contributed by atoms with E-state index in [0.717, 1.165) is 11.3 Å². The third-order valence-electron chi connectivity index (χ3n) is 4.98. The second kappa shape index (κ2) is 9.94. The molecule has 1 aliphatic heterocycles. The monoisotopic (exact) mass is 483 g/mol. The Morgan fingerprint density at radius 2 is 1.81 bits per heavy atom. The van der Waals surface area contributed by atoms with Gasteiger partial charge in [0.15, 0.2) is 5.11 Å². The molecule has 1 aromatic heterocycles. The quantitative estimate of drug-likeness (QED) is 0.496. The number of thiophene rings is 1. The van der Waals surface area contributed by atoms with E-state index in [0.29, 0.717) is 47.6 Å². The number of carbonyl (C=O) groups is 1. The summed E-state index contributed by atoms with van der Waals surface area (Å²) < 4.78 is 37.2. The molecule has 1 N–H and O–H groups in total. The number of thiocarbonyl (C=S) groups is 1. The van der Waals surface area contributed by atoms with Crippen molar-refractivity contribution in [2.24, 2.45) is 0 Å². The molecule has 0 unspecified atom stereocenters. The fraction of sp³-hybridized carbons (Fsp3) is 0.400. The Balaban J connectivity index is 1.65. The molecule has 168 valence electrons. The Hall–Kier alpha value is -2.21. The molecule has 1 aliphatic rings. The van der Waals surface area contributed by atoms with E-state index < -0.39 is 16.0 Å². The van der Waals surface area contributed by atoms with E-state index in [1.165, 1.54) is 29.9 Å². The van der Waals surface area contributed by atoms with Gasteiger partial charge in [-0.05, 0) is 49.0 Å². The van der Waals surface area contributed by atoms with Crippen LogP contribution in [-0.2, 0) is 21.2 Å². The van der Waals surface area contributed by atoms with Crippen molar-refractivity contribution in [1.29, 1.82) is 0 Å². The van der Waals surface area contributed by atoms with E-state index in [1.54, 1.807) is 30.3 Å². The van der Waals surface area contributed by atoms with Gasteiger partial charge in [-0.3, -0.25) is 0 Å². The summed E-state index contributed by atoms with van der Waals surface area (Å²) in [5.74, 6) is 0.183.